The van der Waals surface area contributed by atoms with Gasteiger partial charge in [0.05, 0.1) is 5.69 Å². The van der Waals surface area contributed by atoms with Crippen LogP contribution in [0.3, 0.4) is 0 Å². The van der Waals surface area contributed by atoms with Gasteiger partial charge in [-0.25, -0.2) is 0 Å². The number of hydrogen-bond donors (Lipinski definition) is 0. The summed E-state index contributed by atoms with van der Waals surface area (Å²) in [6.45, 7) is 2.09. The zero-order valence-corrected chi connectivity index (χ0v) is 23.8. The molecule has 43 heavy (non-hydrogen) atoms. The van der Waals surface area contributed by atoms with E-state index in [4.69, 9.17) is 0 Å². The minimum Gasteiger partial charge on any atom is -0.263 e. The number of fused-ring (bicyclic) bond motifs is 3. The molecule has 0 N–H and O–H groups in total. The molecule has 0 spiro atoms. The van der Waals surface area contributed by atoms with Crippen molar-refractivity contribution >= 4 is 32.3 Å². The molecule has 8 aromatic rings. The number of hydrogen-bond acceptors (Lipinski definition) is 2. The first-order chi connectivity index (χ1) is 21.2. The lowest BCUT2D eigenvalue weighted by Gasteiger charge is -2.18. The van der Waals surface area contributed by atoms with E-state index in [9.17, 15) is 0 Å². The van der Waals surface area contributed by atoms with Gasteiger partial charge in [0.1, 0.15) is 0 Å². The average molecular weight is 549 g/mol. The molecule has 0 aliphatic rings. The average Bonchev–Trinajstić information content (AvgIpc) is 3.07. The minimum absolute atomic E-state index is 0.942. The molecular formula is C41H28N2. The maximum Gasteiger partial charge on any atom is 0.0720 e. The number of nitrogens with zero attached hydrogens (tertiary/aromatic N) is 2. The van der Waals surface area contributed by atoms with Crippen molar-refractivity contribution < 1.29 is 0 Å². The predicted molar refractivity (Wildman–Crippen MR) is 181 cm³/mol. The van der Waals surface area contributed by atoms with Gasteiger partial charge >= 0.3 is 0 Å². The molecule has 2 heteroatoms. The first kappa shape index (κ1) is 25.1. The summed E-state index contributed by atoms with van der Waals surface area (Å²) in [6, 6.07) is 48.2. The van der Waals surface area contributed by atoms with Crippen molar-refractivity contribution in [3.63, 3.8) is 0 Å². The molecule has 0 amide bonds. The normalized spacial score (nSPS) is 11.4. The van der Waals surface area contributed by atoms with Crippen LogP contribution in [-0.4, -0.2) is 9.97 Å². The second-order valence-corrected chi connectivity index (χ2v) is 11.2. The second kappa shape index (κ2) is 10.3. The van der Waals surface area contributed by atoms with E-state index in [1.807, 2.05) is 24.7 Å². The zero-order valence-electron chi connectivity index (χ0n) is 23.8. The number of benzene rings is 6. The topological polar surface area (TPSA) is 25.8 Å². The lowest BCUT2D eigenvalue weighted by molar-refractivity contribution is 1.26. The Morgan fingerprint density at radius 1 is 0.419 bits per heavy atom. The van der Waals surface area contributed by atoms with E-state index in [0.717, 1.165) is 22.4 Å². The Hall–Kier alpha value is -5.60. The fourth-order valence-corrected chi connectivity index (χ4v) is 6.37. The fourth-order valence-electron chi connectivity index (χ4n) is 6.37. The molecule has 0 aliphatic carbocycles. The minimum atomic E-state index is 0.942. The van der Waals surface area contributed by atoms with Gasteiger partial charge in [0.2, 0.25) is 0 Å². The standard InChI is InChI=1S/C41H28N2/c1-27-19-20-43-39(21-27)34-24-33(25-42-26-34)31-16-15-30-23-32(18-17-29(30)22-31)41-37-13-7-5-11-35(37)40(28-9-3-2-4-10-28)36-12-6-8-14-38(36)41/h2-26H,1H3. The third kappa shape index (κ3) is 4.45. The van der Waals surface area contributed by atoms with Crippen LogP contribution >= 0.6 is 0 Å². The van der Waals surface area contributed by atoms with Gasteiger partial charge in [-0.05, 0) is 103 Å². The van der Waals surface area contributed by atoms with Crippen molar-refractivity contribution in [1.82, 2.24) is 9.97 Å². The first-order valence-corrected chi connectivity index (χ1v) is 14.6. The Morgan fingerprint density at radius 2 is 0.977 bits per heavy atom. The van der Waals surface area contributed by atoms with Gasteiger partial charge in [0.15, 0.2) is 0 Å². The van der Waals surface area contributed by atoms with E-state index in [1.54, 1.807) is 0 Å². The molecule has 202 valence electrons. The van der Waals surface area contributed by atoms with E-state index >= 15 is 0 Å². The summed E-state index contributed by atoms with van der Waals surface area (Å²) in [6.07, 6.45) is 5.67. The van der Waals surface area contributed by atoms with Crippen molar-refractivity contribution in [3.8, 4) is 44.6 Å². The monoisotopic (exact) mass is 548 g/mol. The highest BCUT2D eigenvalue weighted by Gasteiger charge is 2.16. The molecule has 0 unspecified atom stereocenters. The lowest BCUT2D eigenvalue weighted by atomic mass is 9.85. The van der Waals surface area contributed by atoms with E-state index in [0.29, 0.717) is 0 Å². The Morgan fingerprint density at radius 3 is 1.63 bits per heavy atom. The van der Waals surface area contributed by atoms with E-state index in [2.05, 4.69) is 144 Å². The molecule has 0 radical (unpaired) electrons. The number of pyridine rings is 2. The van der Waals surface area contributed by atoms with Crippen molar-refractivity contribution in [1.29, 1.82) is 0 Å². The van der Waals surface area contributed by atoms with Gasteiger partial charge < -0.3 is 0 Å². The molecule has 0 atom stereocenters. The maximum absolute atomic E-state index is 4.56. The largest absolute Gasteiger partial charge is 0.263 e. The van der Waals surface area contributed by atoms with Crippen LogP contribution in [0.4, 0.5) is 0 Å². The highest BCUT2D eigenvalue weighted by atomic mass is 14.7. The molecule has 0 bridgehead atoms. The number of aromatic nitrogens is 2. The molecule has 0 fully saturated rings. The molecular weight excluding hydrogens is 520 g/mol. The maximum atomic E-state index is 4.56. The van der Waals surface area contributed by atoms with Gasteiger partial charge in [-0.15, -0.1) is 0 Å². The molecule has 8 rings (SSSR count). The highest BCUT2D eigenvalue weighted by Crippen LogP contribution is 2.44. The van der Waals surface area contributed by atoms with Gasteiger partial charge in [-0.3, -0.25) is 9.97 Å². The van der Waals surface area contributed by atoms with Crippen LogP contribution in [-0.2, 0) is 0 Å². The third-order valence-electron chi connectivity index (χ3n) is 8.41. The molecule has 6 aromatic carbocycles. The Labute approximate surface area is 251 Å². The molecule has 2 heterocycles. The zero-order chi connectivity index (χ0) is 28.8. The fraction of sp³-hybridized carbons (Fsp3) is 0.0244. The molecule has 2 nitrogen and oxygen atoms in total. The Bertz CT molecular complexity index is 2240. The van der Waals surface area contributed by atoms with Crippen molar-refractivity contribution in [3.05, 3.63) is 158 Å². The summed E-state index contributed by atoms with van der Waals surface area (Å²) in [7, 11) is 0. The van der Waals surface area contributed by atoms with Crippen molar-refractivity contribution in [2.45, 2.75) is 6.92 Å². The van der Waals surface area contributed by atoms with Crippen molar-refractivity contribution in [2.75, 3.05) is 0 Å². The van der Waals surface area contributed by atoms with Crippen molar-refractivity contribution in [2.24, 2.45) is 0 Å². The third-order valence-corrected chi connectivity index (χ3v) is 8.41. The van der Waals surface area contributed by atoms with Gasteiger partial charge in [0.25, 0.3) is 0 Å². The van der Waals surface area contributed by atoms with Crippen LogP contribution in [0, 0.1) is 6.92 Å². The smallest absolute Gasteiger partial charge is 0.0720 e. The molecule has 2 aromatic heterocycles. The molecule has 0 saturated carbocycles. The van der Waals surface area contributed by atoms with Crippen LogP contribution in [0.2, 0.25) is 0 Å². The SMILES string of the molecule is Cc1ccnc(-c2cncc(-c3ccc4cc(-c5c6ccccc6c(-c6ccccc6)c6ccccc56)ccc4c3)c2)c1. The van der Waals surface area contributed by atoms with Gasteiger partial charge in [0, 0.05) is 29.7 Å². The summed E-state index contributed by atoms with van der Waals surface area (Å²) in [4.78, 5) is 9.11. The van der Waals surface area contributed by atoms with Crippen LogP contribution < -0.4 is 0 Å². The number of rotatable bonds is 4. The Balaban J connectivity index is 1.27. The summed E-state index contributed by atoms with van der Waals surface area (Å²) in [5.41, 5.74) is 10.4. The van der Waals surface area contributed by atoms with Crippen LogP contribution in [0.25, 0.3) is 77.0 Å². The predicted octanol–water partition coefficient (Wildman–Crippen LogP) is 10.9. The lowest BCUT2D eigenvalue weighted by Crippen LogP contribution is -1.91. The first-order valence-electron chi connectivity index (χ1n) is 14.6. The summed E-state index contributed by atoms with van der Waals surface area (Å²) >= 11 is 0. The molecule has 0 aliphatic heterocycles. The van der Waals surface area contributed by atoms with Crippen LogP contribution in [0.15, 0.2) is 152 Å². The summed E-state index contributed by atoms with van der Waals surface area (Å²) in [5.74, 6) is 0. The van der Waals surface area contributed by atoms with Gasteiger partial charge in [-0.1, -0.05) is 103 Å². The Kier molecular flexibility index (Phi) is 6.05. The van der Waals surface area contributed by atoms with E-state index < -0.39 is 0 Å². The quantitative estimate of drug-likeness (QED) is 0.204. The van der Waals surface area contributed by atoms with E-state index in [-0.39, 0.29) is 0 Å². The van der Waals surface area contributed by atoms with Crippen LogP contribution in [0.5, 0.6) is 0 Å². The van der Waals surface area contributed by atoms with Gasteiger partial charge in [-0.2, -0.15) is 0 Å². The second-order valence-electron chi connectivity index (χ2n) is 11.2. The number of aryl methyl sites for hydroxylation is 1. The van der Waals surface area contributed by atoms with E-state index in [1.165, 1.54) is 60.1 Å². The highest BCUT2D eigenvalue weighted by molar-refractivity contribution is 6.21. The summed E-state index contributed by atoms with van der Waals surface area (Å²) in [5, 5.41) is 7.50. The van der Waals surface area contributed by atoms with Crippen LogP contribution in [0.1, 0.15) is 5.56 Å². The summed E-state index contributed by atoms with van der Waals surface area (Å²) < 4.78 is 0. The molecule has 0 saturated heterocycles.